The van der Waals surface area contributed by atoms with E-state index in [2.05, 4.69) is 9.72 Å². The van der Waals surface area contributed by atoms with Gasteiger partial charge < -0.3 is 9.15 Å². The molecule has 2 heterocycles. The highest BCUT2D eigenvalue weighted by Crippen LogP contribution is 2.28. The molecule has 0 fully saturated rings. The van der Waals surface area contributed by atoms with Crippen molar-refractivity contribution in [1.82, 2.24) is 4.98 Å². The summed E-state index contributed by atoms with van der Waals surface area (Å²) in [5, 5.41) is 1.86. The van der Waals surface area contributed by atoms with Crippen LogP contribution < -0.4 is 10.2 Å². The molecule has 0 aliphatic rings. The predicted molar refractivity (Wildman–Crippen MR) is 89.9 cm³/mol. The van der Waals surface area contributed by atoms with Gasteiger partial charge in [-0.3, -0.25) is 9.78 Å². The maximum Gasteiger partial charge on any atom is 0.573 e. The number of ether oxygens (including phenoxy) is 1. The molecule has 0 aliphatic carbocycles. The molecule has 0 amide bonds. The minimum absolute atomic E-state index is 0.00344. The van der Waals surface area contributed by atoms with Crippen molar-refractivity contribution in [3.05, 3.63) is 71.0 Å². The molecule has 7 heteroatoms. The zero-order valence-corrected chi connectivity index (χ0v) is 13.1. The lowest BCUT2D eigenvalue weighted by Crippen LogP contribution is -2.17. The van der Waals surface area contributed by atoms with E-state index < -0.39 is 17.5 Å². The van der Waals surface area contributed by atoms with Crippen LogP contribution in [-0.4, -0.2) is 11.3 Å². The van der Waals surface area contributed by atoms with Gasteiger partial charge in [-0.2, -0.15) is 0 Å². The summed E-state index contributed by atoms with van der Waals surface area (Å²) in [6.45, 7) is 0. The smallest absolute Gasteiger partial charge is 0.454 e. The van der Waals surface area contributed by atoms with Gasteiger partial charge in [0.2, 0.25) is 0 Å². The maximum atomic E-state index is 12.3. The second-order valence-electron chi connectivity index (χ2n) is 5.60. The van der Waals surface area contributed by atoms with Crippen LogP contribution in [0.2, 0.25) is 0 Å². The summed E-state index contributed by atoms with van der Waals surface area (Å²) >= 11 is 0. The van der Waals surface area contributed by atoms with Gasteiger partial charge in [0.15, 0.2) is 11.2 Å². The fourth-order valence-electron chi connectivity index (χ4n) is 2.68. The normalized spacial score (nSPS) is 11.8. The van der Waals surface area contributed by atoms with Crippen LogP contribution in [0.5, 0.6) is 5.75 Å². The molecule has 2 aromatic heterocycles. The Morgan fingerprint density at radius 2 is 1.73 bits per heavy atom. The average molecular weight is 357 g/mol. The van der Waals surface area contributed by atoms with Crippen LogP contribution in [0.3, 0.4) is 0 Å². The van der Waals surface area contributed by atoms with Gasteiger partial charge in [0.25, 0.3) is 0 Å². The third kappa shape index (κ3) is 3.11. The molecule has 130 valence electrons. The summed E-state index contributed by atoms with van der Waals surface area (Å²) < 4.78 is 46.5. The van der Waals surface area contributed by atoms with Crippen molar-refractivity contribution >= 4 is 21.7 Å². The topological polar surface area (TPSA) is 52.3 Å². The minimum atomic E-state index is -4.83. The minimum Gasteiger partial charge on any atom is -0.454 e. The van der Waals surface area contributed by atoms with Crippen molar-refractivity contribution in [3.63, 3.8) is 0 Å². The third-order valence-electron chi connectivity index (χ3n) is 3.82. The number of pyridine rings is 1. The monoisotopic (exact) mass is 357 g/mol. The lowest BCUT2D eigenvalue weighted by Gasteiger charge is -2.09. The molecule has 0 saturated carbocycles. The van der Waals surface area contributed by atoms with E-state index >= 15 is 0 Å². The number of benzene rings is 2. The summed E-state index contributed by atoms with van der Waals surface area (Å²) in [5.41, 5.74) is 0.124. The third-order valence-corrected chi connectivity index (χ3v) is 3.82. The molecule has 26 heavy (non-hydrogen) atoms. The molecule has 4 rings (SSSR count). The SMILES string of the molecule is O=c1cc(-c2cc3ccccc3cn2)oc2ccc(OC(F)(F)F)cc12. The van der Waals surface area contributed by atoms with E-state index in [1.165, 1.54) is 12.1 Å². The lowest BCUT2D eigenvalue weighted by molar-refractivity contribution is -0.274. The van der Waals surface area contributed by atoms with Gasteiger partial charge in [0.1, 0.15) is 17.0 Å². The van der Waals surface area contributed by atoms with Crippen molar-refractivity contribution in [3.8, 4) is 17.2 Å². The molecule has 0 unspecified atom stereocenters. The van der Waals surface area contributed by atoms with Crippen LogP contribution in [-0.2, 0) is 0 Å². The highest BCUT2D eigenvalue weighted by atomic mass is 19.4. The zero-order valence-electron chi connectivity index (χ0n) is 13.1. The van der Waals surface area contributed by atoms with Gasteiger partial charge in [-0.05, 0) is 29.7 Å². The first kappa shape index (κ1) is 16.1. The van der Waals surface area contributed by atoms with Crippen LogP contribution in [0.4, 0.5) is 13.2 Å². The first-order valence-corrected chi connectivity index (χ1v) is 7.58. The first-order chi connectivity index (χ1) is 12.4. The molecule has 0 aliphatic heterocycles. The largest absolute Gasteiger partial charge is 0.573 e. The standard InChI is InChI=1S/C19H10F3NO3/c20-19(21,22)26-13-5-6-17-14(8-13)16(24)9-18(25-17)15-7-11-3-1-2-4-12(11)10-23-15/h1-10H. The zero-order chi connectivity index (χ0) is 18.3. The number of nitrogens with zero attached hydrogens (tertiary/aromatic N) is 1. The van der Waals surface area contributed by atoms with E-state index in [4.69, 9.17) is 4.42 Å². The van der Waals surface area contributed by atoms with Crippen molar-refractivity contribution < 1.29 is 22.3 Å². The summed E-state index contributed by atoms with van der Waals surface area (Å²) in [5.74, 6) is -0.244. The molecular weight excluding hydrogens is 347 g/mol. The van der Waals surface area contributed by atoms with Crippen molar-refractivity contribution in [2.75, 3.05) is 0 Å². The summed E-state index contributed by atoms with van der Waals surface area (Å²) in [7, 11) is 0. The van der Waals surface area contributed by atoms with Crippen LogP contribution >= 0.6 is 0 Å². The molecule has 0 atom stereocenters. The van der Waals surface area contributed by atoms with E-state index in [0.29, 0.717) is 5.69 Å². The summed E-state index contributed by atoms with van der Waals surface area (Å²) in [6, 6.07) is 13.9. The van der Waals surface area contributed by atoms with Gasteiger partial charge >= 0.3 is 6.36 Å². The van der Waals surface area contributed by atoms with Crippen LogP contribution in [0, 0.1) is 0 Å². The highest BCUT2D eigenvalue weighted by molar-refractivity contribution is 5.85. The number of halogens is 3. The second-order valence-corrected chi connectivity index (χ2v) is 5.60. The number of hydrogen-bond donors (Lipinski definition) is 0. The summed E-state index contributed by atoms with van der Waals surface area (Å²) in [4.78, 5) is 16.6. The number of fused-ring (bicyclic) bond motifs is 2. The Kier molecular flexibility index (Phi) is 3.64. The second kappa shape index (κ2) is 5.87. The Morgan fingerprint density at radius 1 is 0.962 bits per heavy atom. The Hall–Kier alpha value is -3.35. The Bertz CT molecular complexity index is 1180. The quantitative estimate of drug-likeness (QED) is 0.512. The van der Waals surface area contributed by atoms with E-state index in [9.17, 15) is 18.0 Å². The Labute approximate surface area is 144 Å². The number of hydrogen-bond acceptors (Lipinski definition) is 4. The van der Waals surface area contributed by atoms with Crippen LogP contribution in [0.1, 0.15) is 0 Å². The van der Waals surface area contributed by atoms with Gasteiger partial charge in [-0.15, -0.1) is 13.2 Å². The van der Waals surface area contributed by atoms with E-state index in [1.54, 1.807) is 12.3 Å². The molecule has 0 saturated heterocycles. The van der Waals surface area contributed by atoms with E-state index in [-0.39, 0.29) is 16.7 Å². The van der Waals surface area contributed by atoms with Crippen LogP contribution in [0.25, 0.3) is 33.2 Å². The molecule has 0 N–H and O–H groups in total. The first-order valence-electron chi connectivity index (χ1n) is 7.58. The fourth-order valence-corrected chi connectivity index (χ4v) is 2.68. The van der Waals surface area contributed by atoms with E-state index in [0.717, 1.165) is 22.9 Å². The average Bonchev–Trinajstić information content (AvgIpc) is 2.60. The van der Waals surface area contributed by atoms with Crippen molar-refractivity contribution in [2.45, 2.75) is 6.36 Å². The molecular formula is C19H10F3NO3. The number of rotatable bonds is 2. The van der Waals surface area contributed by atoms with Crippen molar-refractivity contribution in [2.24, 2.45) is 0 Å². The van der Waals surface area contributed by atoms with Gasteiger partial charge in [0.05, 0.1) is 5.39 Å². The Morgan fingerprint density at radius 3 is 2.50 bits per heavy atom. The highest BCUT2D eigenvalue weighted by Gasteiger charge is 2.31. The van der Waals surface area contributed by atoms with Gasteiger partial charge in [0, 0.05) is 17.6 Å². The van der Waals surface area contributed by atoms with Crippen LogP contribution in [0.15, 0.2) is 70.0 Å². The predicted octanol–water partition coefficient (Wildman–Crippen LogP) is 4.91. The number of aromatic nitrogens is 1. The number of alkyl halides is 3. The molecule has 0 spiro atoms. The molecule has 0 bridgehead atoms. The van der Waals surface area contributed by atoms with Gasteiger partial charge in [-0.25, -0.2) is 0 Å². The van der Waals surface area contributed by atoms with Crippen molar-refractivity contribution in [1.29, 1.82) is 0 Å². The molecule has 4 aromatic rings. The lowest BCUT2D eigenvalue weighted by atomic mass is 10.1. The maximum absolute atomic E-state index is 12.3. The Balaban J connectivity index is 1.81. The fraction of sp³-hybridized carbons (Fsp3) is 0.0526. The molecule has 4 nitrogen and oxygen atoms in total. The van der Waals surface area contributed by atoms with E-state index in [1.807, 2.05) is 24.3 Å². The molecule has 2 aromatic carbocycles. The molecule has 0 radical (unpaired) electrons. The summed E-state index contributed by atoms with van der Waals surface area (Å²) in [6.07, 6.45) is -3.17. The van der Waals surface area contributed by atoms with Gasteiger partial charge in [-0.1, -0.05) is 24.3 Å².